The Labute approximate surface area is 137 Å². The summed E-state index contributed by atoms with van der Waals surface area (Å²) in [5.41, 5.74) is 0.926. The summed E-state index contributed by atoms with van der Waals surface area (Å²) in [6.07, 6.45) is 1.16. The molecule has 0 aliphatic carbocycles. The van der Waals surface area contributed by atoms with Gasteiger partial charge in [-0.1, -0.05) is 13.0 Å². The van der Waals surface area contributed by atoms with E-state index in [-0.39, 0.29) is 29.5 Å². The SMILES string of the molecule is CC1(CN2CCN(c3cccc(F)c3)C(=O)C2)CCNC1.Cl. The van der Waals surface area contributed by atoms with Gasteiger partial charge in [0.15, 0.2) is 0 Å². The maximum absolute atomic E-state index is 13.3. The molecule has 1 unspecified atom stereocenters. The van der Waals surface area contributed by atoms with Crippen molar-refractivity contribution in [1.29, 1.82) is 0 Å². The van der Waals surface area contributed by atoms with Crippen LogP contribution in [-0.4, -0.2) is 50.1 Å². The smallest absolute Gasteiger partial charge is 0.241 e. The Kier molecular flexibility index (Phi) is 5.42. The Bertz CT molecular complexity index is 534. The molecule has 1 N–H and O–H groups in total. The highest BCUT2D eigenvalue weighted by Gasteiger charge is 2.33. The van der Waals surface area contributed by atoms with Crippen LogP contribution in [0, 0.1) is 11.2 Å². The van der Waals surface area contributed by atoms with Gasteiger partial charge in [-0.15, -0.1) is 12.4 Å². The van der Waals surface area contributed by atoms with Crippen LogP contribution in [-0.2, 0) is 4.79 Å². The third-order valence-electron chi connectivity index (χ3n) is 4.48. The van der Waals surface area contributed by atoms with E-state index < -0.39 is 0 Å². The predicted molar refractivity (Wildman–Crippen MR) is 88.0 cm³/mol. The number of benzene rings is 1. The third kappa shape index (κ3) is 3.77. The first-order chi connectivity index (χ1) is 10.1. The highest BCUT2D eigenvalue weighted by atomic mass is 35.5. The lowest BCUT2D eigenvalue weighted by atomic mass is 9.89. The number of nitrogens with zero attached hydrogens (tertiary/aromatic N) is 2. The van der Waals surface area contributed by atoms with Crippen LogP contribution in [0.1, 0.15) is 13.3 Å². The highest BCUT2D eigenvalue weighted by molar-refractivity contribution is 5.95. The number of carbonyl (C=O) groups is 1. The number of amides is 1. The average molecular weight is 328 g/mol. The predicted octanol–water partition coefficient (Wildman–Crippen LogP) is 1.90. The normalized spacial score (nSPS) is 26.1. The van der Waals surface area contributed by atoms with Gasteiger partial charge in [-0.25, -0.2) is 4.39 Å². The minimum atomic E-state index is -0.299. The first kappa shape index (κ1) is 17.2. The Morgan fingerprint density at radius 1 is 1.36 bits per heavy atom. The molecule has 2 heterocycles. The van der Waals surface area contributed by atoms with Crippen molar-refractivity contribution >= 4 is 24.0 Å². The highest BCUT2D eigenvalue weighted by Crippen LogP contribution is 2.27. The van der Waals surface area contributed by atoms with Gasteiger partial charge in [-0.3, -0.25) is 9.69 Å². The van der Waals surface area contributed by atoms with Crippen LogP contribution in [0.4, 0.5) is 10.1 Å². The fourth-order valence-corrected chi connectivity index (χ4v) is 3.32. The van der Waals surface area contributed by atoms with E-state index >= 15 is 0 Å². The molecule has 0 bridgehead atoms. The first-order valence-electron chi connectivity index (χ1n) is 7.55. The number of hydrogen-bond acceptors (Lipinski definition) is 3. The molecular weight excluding hydrogens is 305 g/mol. The number of nitrogens with one attached hydrogen (secondary N) is 1. The van der Waals surface area contributed by atoms with Crippen molar-refractivity contribution in [2.45, 2.75) is 13.3 Å². The summed E-state index contributed by atoms with van der Waals surface area (Å²) in [5.74, 6) is -0.242. The molecular formula is C16H23ClFN3O. The standard InChI is InChI=1S/C16H22FN3O.ClH/c1-16(5-6-18-11-16)12-19-7-8-20(15(21)10-19)14-4-2-3-13(17)9-14;/h2-4,9,18H,5-8,10-12H2,1H3;1H. The van der Waals surface area contributed by atoms with Crippen molar-refractivity contribution in [3.05, 3.63) is 30.1 Å². The second kappa shape index (κ2) is 6.94. The Morgan fingerprint density at radius 3 is 2.82 bits per heavy atom. The summed E-state index contributed by atoms with van der Waals surface area (Å²) in [6, 6.07) is 6.27. The molecule has 3 rings (SSSR count). The van der Waals surface area contributed by atoms with Gasteiger partial charge in [-0.2, -0.15) is 0 Å². The molecule has 4 nitrogen and oxygen atoms in total. The topological polar surface area (TPSA) is 35.6 Å². The van der Waals surface area contributed by atoms with E-state index in [0.29, 0.717) is 18.8 Å². The van der Waals surface area contributed by atoms with Gasteiger partial charge < -0.3 is 10.2 Å². The van der Waals surface area contributed by atoms with E-state index in [2.05, 4.69) is 17.1 Å². The molecule has 1 atom stereocenters. The van der Waals surface area contributed by atoms with Crippen LogP contribution >= 0.6 is 12.4 Å². The molecule has 0 saturated carbocycles. The Morgan fingerprint density at radius 2 is 2.18 bits per heavy atom. The lowest BCUT2D eigenvalue weighted by molar-refractivity contribution is -0.121. The summed E-state index contributed by atoms with van der Waals surface area (Å²) in [6.45, 7) is 7.20. The van der Waals surface area contributed by atoms with Crippen LogP contribution < -0.4 is 10.2 Å². The monoisotopic (exact) mass is 327 g/mol. The molecule has 0 spiro atoms. The van der Waals surface area contributed by atoms with Crippen LogP contribution in [0.25, 0.3) is 0 Å². The summed E-state index contributed by atoms with van der Waals surface area (Å²) in [5, 5.41) is 3.39. The minimum absolute atomic E-state index is 0. The zero-order valence-electron chi connectivity index (χ0n) is 12.8. The van der Waals surface area contributed by atoms with Crippen LogP contribution in [0.2, 0.25) is 0 Å². The van der Waals surface area contributed by atoms with Gasteiger partial charge in [0, 0.05) is 31.9 Å². The number of halogens is 2. The van der Waals surface area contributed by atoms with E-state index in [9.17, 15) is 9.18 Å². The van der Waals surface area contributed by atoms with Gasteiger partial charge in [0.05, 0.1) is 6.54 Å². The molecule has 22 heavy (non-hydrogen) atoms. The molecule has 1 aromatic rings. The fourth-order valence-electron chi connectivity index (χ4n) is 3.32. The number of piperazine rings is 1. The lowest BCUT2D eigenvalue weighted by Gasteiger charge is -2.38. The Hall–Kier alpha value is -1.17. The van der Waals surface area contributed by atoms with Crippen molar-refractivity contribution in [3.63, 3.8) is 0 Å². The number of carbonyl (C=O) groups excluding carboxylic acids is 1. The molecule has 0 aromatic heterocycles. The van der Waals surface area contributed by atoms with Crippen LogP contribution in [0.15, 0.2) is 24.3 Å². The molecule has 2 saturated heterocycles. The van der Waals surface area contributed by atoms with Gasteiger partial charge in [0.1, 0.15) is 5.82 Å². The number of anilines is 1. The molecule has 2 aliphatic heterocycles. The van der Waals surface area contributed by atoms with Gasteiger partial charge in [0.25, 0.3) is 0 Å². The van der Waals surface area contributed by atoms with E-state index in [1.807, 2.05) is 0 Å². The largest absolute Gasteiger partial charge is 0.316 e. The third-order valence-corrected chi connectivity index (χ3v) is 4.48. The zero-order chi connectivity index (χ0) is 14.9. The summed E-state index contributed by atoms with van der Waals surface area (Å²) in [4.78, 5) is 16.3. The van der Waals surface area contributed by atoms with Crippen molar-refractivity contribution in [3.8, 4) is 0 Å². The van der Waals surface area contributed by atoms with E-state index in [4.69, 9.17) is 0 Å². The summed E-state index contributed by atoms with van der Waals surface area (Å²) >= 11 is 0. The molecule has 1 amide bonds. The molecule has 6 heteroatoms. The van der Waals surface area contributed by atoms with Gasteiger partial charge in [-0.05, 0) is 36.6 Å². The molecule has 1 aromatic carbocycles. The van der Waals surface area contributed by atoms with Crippen molar-refractivity contribution < 1.29 is 9.18 Å². The van der Waals surface area contributed by atoms with Crippen molar-refractivity contribution in [2.24, 2.45) is 5.41 Å². The van der Waals surface area contributed by atoms with Crippen molar-refractivity contribution in [2.75, 3.05) is 44.2 Å². The quantitative estimate of drug-likeness (QED) is 0.921. The second-order valence-corrected chi connectivity index (χ2v) is 6.47. The van der Waals surface area contributed by atoms with E-state index in [0.717, 1.165) is 32.6 Å². The maximum atomic E-state index is 13.3. The number of hydrogen-bond donors (Lipinski definition) is 1. The van der Waals surface area contributed by atoms with Crippen LogP contribution in [0.5, 0.6) is 0 Å². The maximum Gasteiger partial charge on any atom is 0.241 e. The van der Waals surface area contributed by atoms with E-state index in [1.165, 1.54) is 12.1 Å². The summed E-state index contributed by atoms with van der Waals surface area (Å²) < 4.78 is 13.3. The van der Waals surface area contributed by atoms with Gasteiger partial charge >= 0.3 is 0 Å². The zero-order valence-corrected chi connectivity index (χ0v) is 13.7. The molecule has 2 fully saturated rings. The lowest BCUT2D eigenvalue weighted by Crippen LogP contribution is -2.53. The van der Waals surface area contributed by atoms with Gasteiger partial charge in [0.2, 0.25) is 5.91 Å². The van der Waals surface area contributed by atoms with Crippen LogP contribution in [0.3, 0.4) is 0 Å². The fraction of sp³-hybridized carbons (Fsp3) is 0.562. The second-order valence-electron chi connectivity index (χ2n) is 6.47. The first-order valence-corrected chi connectivity index (χ1v) is 7.55. The van der Waals surface area contributed by atoms with E-state index in [1.54, 1.807) is 17.0 Å². The summed E-state index contributed by atoms with van der Waals surface area (Å²) in [7, 11) is 0. The molecule has 0 radical (unpaired) electrons. The number of rotatable bonds is 3. The van der Waals surface area contributed by atoms with Crippen molar-refractivity contribution in [1.82, 2.24) is 10.2 Å². The minimum Gasteiger partial charge on any atom is -0.316 e. The average Bonchev–Trinajstić information content (AvgIpc) is 2.85. The molecule has 2 aliphatic rings. The molecule has 122 valence electrons. The Balaban J connectivity index is 0.00000176.